The van der Waals surface area contributed by atoms with Crippen LogP contribution in [0.15, 0.2) is 103 Å². The highest BCUT2D eigenvalue weighted by Gasteiger charge is 2.40. The molecular weight excluding hydrogens is 1020 g/mol. The average Bonchev–Trinajstić information content (AvgIpc) is 3.81. The molecule has 2 aromatic heterocycles. The van der Waals surface area contributed by atoms with Crippen LogP contribution in [0.1, 0.15) is 160 Å². The van der Waals surface area contributed by atoms with Gasteiger partial charge in [-0.2, -0.15) is 0 Å². The smallest absolute Gasteiger partial charge is 0.330 e. The van der Waals surface area contributed by atoms with Crippen LogP contribution in [0.4, 0.5) is 5.69 Å². The molecule has 5 aliphatic rings. The molecule has 1 amide bonds. The third-order valence-electron chi connectivity index (χ3n) is 17.3. The summed E-state index contributed by atoms with van der Waals surface area (Å²) in [6.45, 7) is 8.16. The molecule has 0 saturated heterocycles. The molecule has 5 aromatic carbocycles. The van der Waals surface area contributed by atoms with Gasteiger partial charge in [0.05, 0.1) is 73.0 Å². The van der Waals surface area contributed by atoms with E-state index in [1.807, 2.05) is 67.7 Å². The number of methoxy groups -OCH3 is 2. The van der Waals surface area contributed by atoms with Crippen LogP contribution in [0.5, 0.6) is 23.0 Å². The van der Waals surface area contributed by atoms with E-state index in [-0.39, 0.29) is 23.4 Å². The van der Waals surface area contributed by atoms with E-state index < -0.39 is 5.54 Å². The molecular formula is C68H78N4O9. The Morgan fingerprint density at radius 1 is 0.605 bits per heavy atom. The van der Waals surface area contributed by atoms with E-state index in [0.717, 1.165) is 84.1 Å². The van der Waals surface area contributed by atoms with Crippen molar-refractivity contribution in [3.8, 4) is 45.5 Å². The van der Waals surface area contributed by atoms with Crippen LogP contribution in [0.25, 0.3) is 50.4 Å². The number of ether oxygens (including phenoxy) is 5. The molecule has 7 aromatic rings. The second kappa shape index (κ2) is 25.4. The van der Waals surface area contributed by atoms with Crippen LogP contribution in [0.2, 0.25) is 0 Å². The number of nitrogens with zero attached hydrogens (tertiary/aromatic N) is 2. The van der Waals surface area contributed by atoms with Gasteiger partial charge >= 0.3 is 5.97 Å². The summed E-state index contributed by atoms with van der Waals surface area (Å²) in [5, 5.41) is 8.65. The molecule has 3 aliphatic carbocycles. The zero-order valence-corrected chi connectivity index (χ0v) is 48.1. The van der Waals surface area contributed by atoms with Crippen molar-refractivity contribution in [3.63, 3.8) is 0 Å². The maximum atomic E-state index is 12.5. The number of benzene rings is 5. The van der Waals surface area contributed by atoms with Crippen molar-refractivity contribution >= 4 is 57.0 Å². The number of hydrogen-bond donors (Lipinski definition) is 2. The van der Waals surface area contributed by atoms with Crippen LogP contribution >= 0.6 is 0 Å². The fourth-order valence-corrected chi connectivity index (χ4v) is 13.2. The predicted molar refractivity (Wildman–Crippen MR) is 322 cm³/mol. The SMILES string of the molecule is CCOC(=O)/C=C/c1ccc(NC(=O)C2(NC)CCCC2)cc1.COc1ccc(-c2c(C3CCCCC3)c3ccc(C(C)=O)c4c3n2CCO4)cc1.COc1ccc(-c2c(C3CCCCC3)c3ccc(C(C)=O)c4c3n2CCO4)cc1. The van der Waals surface area contributed by atoms with Gasteiger partial charge in [-0.3, -0.25) is 14.4 Å². The molecule has 424 valence electrons. The van der Waals surface area contributed by atoms with Crippen molar-refractivity contribution < 1.29 is 42.9 Å². The lowest BCUT2D eigenvalue weighted by Gasteiger charge is -2.27. The first-order valence-corrected chi connectivity index (χ1v) is 29.4. The fraction of sp³-hybridized carbons (Fsp3) is 0.412. The monoisotopic (exact) mass is 1090 g/mol. The van der Waals surface area contributed by atoms with Gasteiger partial charge in [-0.1, -0.05) is 75.6 Å². The molecule has 3 saturated carbocycles. The van der Waals surface area contributed by atoms with Crippen LogP contribution < -0.4 is 29.6 Å². The minimum absolute atomic E-state index is 0.0207. The maximum absolute atomic E-state index is 12.5. The number of carbonyl (C=O) groups excluding carboxylic acids is 4. The lowest BCUT2D eigenvalue weighted by atomic mass is 9.81. The van der Waals surface area contributed by atoms with E-state index >= 15 is 0 Å². The van der Waals surface area contributed by atoms with Crippen molar-refractivity contribution in [3.05, 3.63) is 131 Å². The van der Waals surface area contributed by atoms with Crippen LogP contribution in [0.3, 0.4) is 0 Å². The fourth-order valence-electron chi connectivity index (χ4n) is 13.2. The lowest BCUT2D eigenvalue weighted by molar-refractivity contribution is -0.137. The van der Waals surface area contributed by atoms with Gasteiger partial charge in [-0.25, -0.2) is 4.79 Å². The van der Waals surface area contributed by atoms with Gasteiger partial charge in [0.1, 0.15) is 24.7 Å². The molecule has 0 atom stereocenters. The molecule has 2 aliphatic heterocycles. The van der Waals surface area contributed by atoms with Crippen LogP contribution in [-0.2, 0) is 27.4 Å². The minimum atomic E-state index is -0.442. The van der Waals surface area contributed by atoms with Gasteiger partial charge in [-0.15, -0.1) is 0 Å². The number of ketones is 2. The van der Waals surface area contributed by atoms with E-state index in [4.69, 9.17) is 23.7 Å². The van der Waals surface area contributed by atoms with Gasteiger partial charge in [0, 0.05) is 22.5 Å². The average molecular weight is 1100 g/mol. The number of hydrogen-bond acceptors (Lipinski definition) is 10. The molecule has 12 rings (SSSR count). The summed E-state index contributed by atoms with van der Waals surface area (Å²) in [5.41, 5.74) is 12.6. The maximum Gasteiger partial charge on any atom is 0.330 e. The number of aromatic nitrogens is 2. The summed E-state index contributed by atoms with van der Waals surface area (Å²) in [6.07, 6.45) is 19.7. The predicted octanol–water partition coefficient (Wildman–Crippen LogP) is 14.7. The van der Waals surface area contributed by atoms with Gasteiger partial charge in [0.25, 0.3) is 0 Å². The molecule has 13 heteroatoms. The highest BCUT2D eigenvalue weighted by atomic mass is 16.5. The Morgan fingerprint density at radius 3 is 1.47 bits per heavy atom. The largest absolute Gasteiger partial charge is 0.497 e. The molecule has 81 heavy (non-hydrogen) atoms. The molecule has 0 spiro atoms. The first kappa shape index (κ1) is 56.6. The van der Waals surface area contributed by atoms with Crippen molar-refractivity contribution in [2.24, 2.45) is 0 Å². The minimum Gasteiger partial charge on any atom is -0.497 e. The number of nitrogens with one attached hydrogen (secondary N) is 2. The standard InChI is InChI=1S/2C25H27NO3.C18H24N2O3/c2*1-16(27)20-12-13-21-22(17-6-4-3-5-7-17)23(18-8-10-19(28-2)11-9-18)26-14-15-29-25(20)24(21)26;1-3-23-16(21)11-8-14-6-9-15(10-7-14)20-17(22)18(19-2)12-4-5-13-18/h2*8-13,17H,3-7,14-15H2,1-2H3;6-11,19H,3-5,12-13H2,1-2H3,(H,20,22)/b;;11-8+. The van der Waals surface area contributed by atoms with Gasteiger partial charge < -0.3 is 43.5 Å². The first-order valence-electron chi connectivity index (χ1n) is 29.4. The number of anilines is 1. The molecule has 0 radical (unpaired) electrons. The number of Topliss-reactive ketones (excluding diaryl/α,β-unsaturated/α-hetero) is 2. The number of rotatable bonds is 14. The van der Waals surface area contributed by atoms with E-state index in [1.165, 1.54) is 115 Å². The topological polar surface area (TPSA) is 148 Å². The summed E-state index contributed by atoms with van der Waals surface area (Å²) in [5.74, 6) is 4.14. The second-order valence-corrected chi connectivity index (χ2v) is 22.1. The Hall–Kier alpha value is -7.64. The molecule has 4 heterocycles. The van der Waals surface area contributed by atoms with Gasteiger partial charge in [0.2, 0.25) is 5.91 Å². The normalized spacial score (nSPS) is 16.6. The van der Waals surface area contributed by atoms with Gasteiger partial charge in [0.15, 0.2) is 23.1 Å². The van der Waals surface area contributed by atoms with Crippen molar-refractivity contribution in [2.45, 2.75) is 141 Å². The second-order valence-electron chi connectivity index (χ2n) is 22.1. The van der Waals surface area contributed by atoms with E-state index in [9.17, 15) is 19.2 Å². The van der Waals surface area contributed by atoms with E-state index in [0.29, 0.717) is 42.8 Å². The Balaban J connectivity index is 0.000000138. The Morgan fingerprint density at radius 2 is 1.06 bits per heavy atom. The first-order chi connectivity index (χ1) is 39.5. The summed E-state index contributed by atoms with van der Waals surface area (Å²) in [4.78, 5) is 48.2. The molecule has 13 nitrogen and oxygen atoms in total. The summed E-state index contributed by atoms with van der Waals surface area (Å²) in [7, 11) is 5.24. The van der Waals surface area contributed by atoms with E-state index in [1.54, 1.807) is 41.1 Å². The highest BCUT2D eigenvalue weighted by molar-refractivity contribution is 6.07. The zero-order valence-electron chi connectivity index (χ0n) is 48.1. The lowest BCUT2D eigenvalue weighted by Crippen LogP contribution is -2.50. The highest BCUT2D eigenvalue weighted by Crippen LogP contribution is 2.50. The van der Waals surface area contributed by atoms with E-state index in [2.05, 4.69) is 56.2 Å². The number of likely N-dealkylation sites (N-methyl/N-ethyl adjacent to an activating group) is 1. The summed E-state index contributed by atoms with van der Waals surface area (Å²) in [6, 6.07) is 32.4. The van der Waals surface area contributed by atoms with Gasteiger partial charge in [-0.05, 0) is 185 Å². The Bertz CT molecular complexity index is 3250. The number of esters is 1. The molecule has 0 bridgehead atoms. The Labute approximate surface area is 476 Å². The molecule has 2 N–H and O–H groups in total. The third kappa shape index (κ3) is 11.8. The molecule has 3 fully saturated rings. The van der Waals surface area contributed by atoms with Crippen LogP contribution in [-0.4, -0.2) is 79.2 Å². The molecule has 0 unspecified atom stereocenters. The van der Waals surface area contributed by atoms with Crippen molar-refractivity contribution in [2.75, 3.05) is 46.4 Å². The summed E-state index contributed by atoms with van der Waals surface area (Å²) >= 11 is 0. The number of amides is 1. The Kier molecular flexibility index (Phi) is 17.8. The quantitative estimate of drug-likeness (QED) is 0.0612. The number of carbonyl (C=O) groups is 4. The zero-order chi connectivity index (χ0) is 56.6. The van der Waals surface area contributed by atoms with Crippen molar-refractivity contribution in [1.29, 1.82) is 0 Å². The van der Waals surface area contributed by atoms with Crippen molar-refractivity contribution in [1.82, 2.24) is 14.5 Å². The third-order valence-corrected chi connectivity index (χ3v) is 17.3. The summed E-state index contributed by atoms with van der Waals surface area (Å²) < 4.78 is 32.5. The van der Waals surface area contributed by atoms with Crippen LogP contribution in [0, 0.1) is 0 Å².